The number of imidazole rings is 1. The third kappa shape index (κ3) is 4.80. The van der Waals surface area contributed by atoms with Crippen LogP contribution in [-0.4, -0.2) is 50.3 Å². The van der Waals surface area contributed by atoms with Crippen molar-refractivity contribution < 1.29 is 37.1 Å². The van der Waals surface area contributed by atoms with Crippen LogP contribution >= 0.6 is 23.2 Å². The summed E-state index contributed by atoms with van der Waals surface area (Å²) in [6.45, 7) is -0.211. The number of fused-ring (bicyclic) bond motifs is 2. The zero-order valence-corrected chi connectivity index (χ0v) is 22.5. The zero-order valence-electron chi connectivity index (χ0n) is 21.0. The molecule has 214 valence electrons. The van der Waals surface area contributed by atoms with E-state index in [0.717, 1.165) is 17.1 Å². The van der Waals surface area contributed by atoms with Crippen molar-refractivity contribution in [3.05, 3.63) is 80.8 Å². The molecule has 0 radical (unpaired) electrons. The van der Waals surface area contributed by atoms with E-state index in [1.165, 1.54) is 18.2 Å². The normalized spacial score (nSPS) is 15.5. The van der Waals surface area contributed by atoms with Gasteiger partial charge < -0.3 is 9.72 Å². The molecule has 0 atom stereocenters. The molecule has 2 aliphatic heterocycles. The average Bonchev–Trinajstić information content (AvgIpc) is 3.47. The summed E-state index contributed by atoms with van der Waals surface area (Å²) >= 11 is 12.3. The fraction of sp³-hybridized carbons (Fsp3) is 0.148. The molecule has 0 bridgehead atoms. The number of hydrogen-bond acceptors (Lipinski definition) is 6. The number of ether oxygens (including phenoxy) is 1. The van der Waals surface area contributed by atoms with Crippen LogP contribution in [0.4, 0.5) is 18.0 Å². The lowest BCUT2D eigenvalue weighted by Crippen LogP contribution is -2.58. The number of urea groups is 1. The maximum absolute atomic E-state index is 13.3. The first-order valence-corrected chi connectivity index (χ1v) is 13.0. The summed E-state index contributed by atoms with van der Waals surface area (Å²) in [4.78, 5) is 56.9. The Labute approximate surface area is 243 Å². The van der Waals surface area contributed by atoms with Gasteiger partial charge in [-0.1, -0.05) is 29.3 Å². The van der Waals surface area contributed by atoms with E-state index in [4.69, 9.17) is 27.9 Å². The van der Waals surface area contributed by atoms with Crippen LogP contribution in [0.3, 0.4) is 0 Å². The van der Waals surface area contributed by atoms with E-state index in [9.17, 15) is 32.3 Å². The molecule has 3 heterocycles. The second kappa shape index (κ2) is 10.0. The van der Waals surface area contributed by atoms with Gasteiger partial charge in [-0.3, -0.25) is 19.7 Å². The smallest absolute Gasteiger partial charge is 0.416 e. The second-order valence-electron chi connectivity index (χ2n) is 9.40. The molecule has 1 saturated heterocycles. The van der Waals surface area contributed by atoms with Crippen LogP contribution in [0, 0.1) is 0 Å². The molecule has 0 saturated carbocycles. The molecule has 10 nitrogen and oxygen atoms in total. The summed E-state index contributed by atoms with van der Waals surface area (Å²) in [5.41, 5.74) is 0.228. The zero-order chi connectivity index (χ0) is 29.9. The van der Waals surface area contributed by atoms with Gasteiger partial charge in [0.2, 0.25) is 5.91 Å². The lowest BCUT2D eigenvalue weighted by Gasteiger charge is -2.32. The highest BCUT2D eigenvalue weighted by molar-refractivity contribution is 6.35. The van der Waals surface area contributed by atoms with Gasteiger partial charge >= 0.3 is 12.2 Å². The molecule has 0 spiro atoms. The van der Waals surface area contributed by atoms with E-state index in [-0.39, 0.29) is 58.3 Å². The molecule has 2 aliphatic rings. The average molecular weight is 618 g/mol. The van der Waals surface area contributed by atoms with Gasteiger partial charge in [0.05, 0.1) is 39.3 Å². The molecule has 2 N–H and O–H groups in total. The molecule has 0 aliphatic carbocycles. The van der Waals surface area contributed by atoms with Crippen LogP contribution < -0.4 is 10.1 Å². The number of benzene rings is 3. The van der Waals surface area contributed by atoms with Crippen LogP contribution in [0.1, 0.15) is 38.3 Å². The maximum atomic E-state index is 13.3. The monoisotopic (exact) mass is 617 g/mol. The van der Waals surface area contributed by atoms with Gasteiger partial charge in [-0.05, 0) is 48.0 Å². The Hall–Kier alpha value is -4.62. The number of H-pyrrole nitrogens is 1. The first-order valence-electron chi connectivity index (χ1n) is 12.2. The van der Waals surface area contributed by atoms with E-state index in [2.05, 4.69) is 15.3 Å². The number of nitrogens with zero attached hydrogens (tertiary/aromatic N) is 3. The topological polar surface area (TPSA) is 125 Å². The minimum atomic E-state index is -4.61. The number of hydrazine groups is 1. The SMILES string of the molecule is O=C1CCN(N2C(=O)c3ccc(COc4ccc(Cl)cc4-c4nc5c(Cl)cc(C(F)(F)F)cc5[nH]4)cc3C2=O)C(=O)N1. The number of hydrogen-bond donors (Lipinski definition) is 2. The number of alkyl halides is 3. The maximum Gasteiger partial charge on any atom is 0.416 e. The van der Waals surface area contributed by atoms with Crippen molar-refractivity contribution in [1.82, 2.24) is 25.3 Å². The number of aromatic amines is 1. The van der Waals surface area contributed by atoms with Gasteiger partial charge in [-0.2, -0.15) is 18.2 Å². The predicted octanol–water partition coefficient (Wildman–Crippen LogP) is 5.59. The Balaban J connectivity index is 1.26. The fourth-order valence-electron chi connectivity index (χ4n) is 4.67. The molecule has 15 heteroatoms. The number of carbonyl (C=O) groups is 4. The number of nitrogens with one attached hydrogen (secondary N) is 2. The van der Waals surface area contributed by atoms with E-state index in [1.54, 1.807) is 18.2 Å². The number of imide groups is 2. The lowest BCUT2D eigenvalue weighted by atomic mass is 10.1. The van der Waals surface area contributed by atoms with Gasteiger partial charge in [-0.25, -0.2) is 14.8 Å². The number of aromatic nitrogens is 2. The van der Waals surface area contributed by atoms with Crippen LogP contribution in [-0.2, 0) is 17.6 Å². The van der Waals surface area contributed by atoms with Crippen molar-refractivity contribution in [3.8, 4) is 17.1 Å². The predicted molar refractivity (Wildman–Crippen MR) is 143 cm³/mol. The van der Waals surface area contributed by atoms with Gasteiger partial charge in [0.15, 0.2) is 0 Å². The van der Waals surface area contributed by atoms with Crippen molar-refractivity contribution in [2.45, 2.75) is 19.2 Å². The molecular formula is C27H16Cl2F3N5O5. The van der Waals surface area contributed by atoms with Gasteiger partial charge in [0.1, 0.15) is 23.7 Å². The largest absolute Gasteiger partial charge is 0.488 e. The third-order valence-electron chi connectivity index (χ3n) is 6.66. The quantitative estimate of drug-likeness (QED) is 0.281. The van der Waals surface area contributed by atoms with Crippen molar-refractivity contribution in [2.24, 2.45) is 0 Å². The Bertz CT molecular complexity index is 1840. The molecule has 4 aromatic rings. The molecule has 42 heavy (non-hydrogen) atoms. The molecule has 3 aromatic carbocycles. The van der Waals surface area contributed by atoms with Gasteiger partial charge in [0.25, 0.3) is 11.8 Å². The highest BCUT2D eigenvalue weighted by atomic mass is 35.5. The molecule has 1 fully saturated rings. The minimum absolute atomic E-state index is 0.0505. The fourth-order valence-corrected chi connectivity index (χ4v) is 5.10. The first-order chi connectivity index (χ1) is 19.9. The number of carbonyl (C=O) groups excluding carboxylic acids is 4. The Morgan fingerprint density at radius 3 is 2.43 bits per heavy atom. The minimum Gasteiger partial charge on any atom is -0.488 e. The Morgan fingerprint density at radius 1 is 0.929 bits per heavy atom. The standard InChI is InChI=1S/C27H16Cl2F3N5O5/c28-14-2-4-20(17(10-14)23-33-19-9-13(27(30,31)32)8-18(29)22(19)35-23)42-11-12-1-3-15-16(7-12)25(40)37(24(15)39)36-6-5-21(38)34-26(36)41/h1-4,7-10H,5-6,11H2,(H,33,35)(H,34,38,41). The van der Waals surface area contributed by atoms with E-state index < -0.39 is 35.5 Å². The van der Waals surface area contributed by atoms with E-state index >= 15 is 0 Å². The Kier molecular flexibility index (Phi) is 6.58. The summed E-state index contributed by atoms with van der Waals surface area (Å²) in [7, 11) is 0. The third-order valence-corrected chi connectivity index (χ3v) is 7.18. The molecule has 6 rings (SSSR count). The molecule has 5 amide bonds. The summed E-state index contributed by atoms with van der Waals surface area (Å²) in [5, 5.41) is 3.79. The van der Waals surface area contributed by atoms with E-state index in [1.807, 2.05) is 0 Å². The summed E-state index contributed by atoms with van der Waals surface area (Å²) < 4.78 is 45.8. The number of rotatable bonds is 5. The van der Waals surface area contributed by atoms with E-state index in [0.29, 0.717) is 21.2 Å². The van der Waals surface area contributed by atoms with Gasteiger partial charge in [-0.15, -0.1) is 0 Å². The summed E-state index contributed by atoms with van der Waals surface area (Å²) in [6.07, 6.45) is -4.67. The first kappa shape index (κ1) is 27.5. The summed E-state index contributed by atoms with van der Waals surface area (Å²) in [6, 6.07) is 9.90. The number of amides is 5. The number of halogens is 5. The van der Waals surface area contributed by atoms with Crippen molar-refractivity contribution in [2.75, 3.05) is 6.54 Å². The highest BCUT2D eigenvalue weighted by Crippen LogP contribution is 2.38. The van der Waals surface area contributed by atoms with Crippen LogP contribution in [0.25, 0.3) is 22.4 Å². The van der Waals surface area contributed by atoms with Crippen molar-refractivity contribution >= 4 is 58.0 Å². The van der Waals surface area contributed by atoms with Crippen molar-refractivity contribution in [1.29, 1.82) is 0 Å². The Morgan fingerprint density at radius 2 is 1.69 bits per heavy atom. The summed E-state index contributed by atoms with van der Waals surface area (Å²) in [5.74, 6) is -1.52. The van der Waals surface area contributed by atoms with Crippen LogP contribution in [0.5, 0.6) is 5.75 Å². The molecule has 0 unspecified atom stereocenters. The van der Waals surface area contributed by atoms with Crippen LogP contribution in [0.15, 0.2) is 48.5 Å². The lowest BCUT2D eigenvalue weighted by molar-refractivity contribution is -0.137. The van der Waals surface area contributed by atoms with Crippen LogP contribution in [0.2, 0.25) is 10.0 Å². The van der Waals surface area contributed by atoms with Gasteiger partial charge in [0, 0.05) is 11.4 Å². The molecule has 1 aromatic heterocycles. The molecular weight excluding hydrogens is 602 g/mol. The second-order valence-corrected chi connectivity index (χ2v) is 10.2. The van der Waals surface area contributed by atoms with Crippen molar-refractivity contribution in [3.63, 3.8) is 0 Å². The highest BCUT2D eigenvalue weighted by Gasteiger charge is 2.43.